The maximum atomic E-state index is 12.7. The first-order valence-corrected chi connectivity index (χ1v) is 7.53. The third-order valence-corrected chi connectivity index (χ3v) is 4.02. The number of hydrogen-bond acceptors (Lipinski definition) is 4. The van der Waals surface area contributed by atoms with Crippen LogP contribution in [0.25, 0.3) is 0 Å². The first-order chi connectivity index (χ1) is 10.6. The molecule has 0 bridgehead atoms. The molecule has 0 spiro atoms. The minimum atomic E-state index is 0.0111. The SMILES string of the molecule is C=CCOc1ccc(C(=O)N2CC(CN)CC2C)cc1OC. The van der Waals surface area contributed by atoms with Crippen LogP contribution in [0.4, 0.5) is 0 Å². The fourth-order valence-corrected chi connectivity index (χ4v) is 2.83. The van der Waals surface area contributed by atoms with Gasteiger partial charge in [-0.1, -0.05) is 12.7 Å². The van der Waals surface area contributed by atoms with E-state index >= 15 is 0 Å². The van der Waals surface area contributed by atoms with Crippen molar-refractivity contribution < 1.29 is 14.3 Å². The summed E-state index contributed by atoms with van der Waals surface area (Å²) in [6.45, 7) is 7.40. The minimum absolute atomic E-state index is 0.0111. The van der Waals surface area contributed by atoms with Crippen molar-refractivity contribution in [3.8, 4) is 11.5 Å². The van der Waals surface area contributed by atoms with Gasteiger partial charge in [0.25, 0.3) is 5.91 Å². The molecule has 0 radical (unpaired) electrons. The molecule has 2 rings (SSSR count). The van der Waals surface area contributed by atoms with E-state index in [4.69, 9.17) is 15.2 Å². The maximum Gasteiger partial charge on any atom is 0.254 e. The van der Waals surface area contributed by atoms with Crippen molar-refractivity contribution in [1.82, 2.24) is 4.90 Å². The Labute approximate surface area is 131 Å². The quantitative estimate of drug-likeness (QED) is 0.817. The van der Waals surface area contributed by atoms with Crippen LogP contribution in [0.2, 0.25) is 0 Å². The zero-order valence-corrected chi connectivity index (χ0v) is 13.2. The zero-order valence-electron chi connectivity index (χ0n) is 13.2. The van der Waals surface area contributed by atoms with Crippen LogP contribution < -0.4 is 15.2 Å². The van der Waals surface area contributed by atoms with Gasteiger partial charge in [-0.2, -0.15) is 0 Å². The van der Waals surface area contributed by atoms with Gasteiger partial charge < -0.3 is 20.1 Å². The van der Waals surface area contributed by atoms with E-state index in [0.717, 1.165) is 6.42 Å². The summed E-state index contributed by atoms with van der Waals surface area (Å²) in [4.78, 5) is 14.6. The van der Waals surface area contributed by atoms with E-state index in [9.17, 15) is 4.79 Å². The lowest BCUT2D eigenvalue weighted by molar-refractivity contribution is 0.0743. The average molecular weight is 304 g/mol. The molecule has 2 unspecified atom stereocenters. The van der Waals surface area contributed by atoms with Crippen LogP contribution in [0, 0.1) is 5.92 Å². The predicted molar refractivity (Wildman–Crippen MR) is 86.3 cm³/mol. The summed E-state index contributed by atoms with van der Waals surface area (Å²) in [5.74, 6) is 1.55. The van der Waals surface area contributed by atoms with Crippen LogP contribution in [0.1, 0.15) is 23.7 Å². The molecule has 1 aliphatic rings. The van der Waals surface area contributed by atoms with Gasteiger partial charge in [-0.3, -0.25) is 4.79 Å². The number of ether oxygens (including phenoxy) is 2. The highest BCUT2D eigenvalue weighted by Gasteiger charge is 2.32. The van der Waals surface area contributed by atoms with Gasteiger partial charge in [0, 0.05) is 18.2 Å². The lowest BCUT2D eigenvalue weighted by atomic mass is 10.1. The Morgan fingerprint density at radius 3 is 2.86 bits per heavy atom. The van der Waals surface area contributed by atoms with Gasteiger partial charge in [0.05, 0.1) is 7.11 Å². The van der Waals surface area contributed by atoms with Gasteiger partial charge in [0.2, 0.25) is 0 Å². The fourth-order valence-electron chi connectivity index (χ4n) is 2.83. The highest BCUT2D eigenvalue weighted by molar-refractivity contribution is 5.95. The molecule has 0 aliphatic carbocycles. The first-order valence-electron chi connectivity index (χ1n) is 7.53. The van der Waals surface area contributed by atoms with Crippen LogP contribution in [0.3, 0.4) is 0 Å². The molecule has 120 valence electrons. The van der Waals surface area contributed by atoms with E-state index < -0.39 is 0 Å². The van der Waals surface area contributed by atoms with Crippen LogP contribution in [-0.4, -0.2) is 43.7 Å². The minimum Gasteiger partial charge on any atom is -0.493 e. The second kappa shape index (κ2) is 7.31. The number of methoxy groups -OCH3 is 1. The van der Waals surface area contributed by atoms with Gasteiger partial charge in [-0.15, -0.1) is 0 Å². The third-order valence-electron chi connectivity index (χ3n) is 4.02. The molecule has 2 atom stereocenters. The summed E-state index contributed by atoms with van der Waals surface area (Å²) in [7, 11) is 1.56. The molecule has 1 aliphatic heterocycles. The Hall–Kier alpha value is -2.01. The van der Waals surface area contributed by atoms with E-state index in [1.807, 2.05) is 4.90 Å². The fraction of sp³-hybridized carbons (Fsp3) is 0.471. The summed E-state index contributed by atoms with van der Waals surface area (Å²) < 4.78 is 10.8. The molecule has 2 N–H and O–H groups in total. The highest BCUT2D eigenvalue weighted by atomic mass is 16.5. The Kier molecular flexibility index (Phi) is 5.44. The molecule has 1 aromatic rings. The molecule has 0 aromatic heterocycles. The van der Waals surface area contributed by atoms with Crippen molar-refractivity contribution >= 4 is 5.91 Å². The first kappa shape index (κ1) is 16.4. The van der Waals surface area contributed by atoms with E-state index in [0.29, 0.717) is 42.7 Å². The van der Waals surface area contributed by atoms with Gasteiger partial charge in [-0.25, -0.2) is 0 Å². The van der Waals surface area contributed by atoms with Crippen molar-refractivity contribution in [2.45, 2.75) is 19.4 Å². The third kappa shape index (κ3) is 3.42. The Morgan fingerprint density at radius 2 is 2.27 bits per heavy atom. The summed E-state index contributed by atoms with van der Waals surface area (Å²) in [6, 6.07) is 5.47. The number of hydrogen-bond donors (Lipinski definition) is 1. The maximum absolute atomic E-state index is 12.7. The molecule has 1 saturated heterocycles. The van der Waals surface area contributed by atoms with Crippen molar-refractivity contribution in [3.05, 3.63) is 36.4 Å². The number of carbonyl (C=O) groups is 1. The number of likely N-dealkylation sites (tertiary alicyclic amines) is 1. The topological polar surface area (TPSA) is 64.8 Å². The number of amides is 1. The van der Waals surface area contributed by atoms with Crippen molar-refractivity contribution in [2.24, 2.45) is 11.7 Å². The van der Waals surface area contributed by atoms with Crippen LogP contribution in [-0.2, 0) is 0 Å². The molecule has 1 fully saturated rings. The Bertz CT molecular complexity index is 545. The number of carbonyl (C=O) groups excluding carboxylic acids is 1. The largest absolute Gasteiger partial charge is 0.493 e. The van der Waals surface area contributed by atoms with Crippen LogP contribution >= 0.6 is 0 Å². The van der Waals surface area contributed by atoms with E-state index in [1.54, 1.807) is 31.4 Å². The van der Waals surface area contributed by atoms with Crippen molar-refractivity contribution in [3.63, 3.8) is 0 Å². The van der Waals surface area contributed by atoms with Crippen LogP contribution in [0.15, 0.2) is 30.9 Å². The number of nitrogens with two attached hydrogens (primary N) is 1. The predicted octanol–water partition coefficient (Wildman–Crippen LogP) is 2.07. The zero-order chi connectivity index (χ0) is 16.1. The second-order valence-corrected chi connectivity index (χ2v) is 5.61. The molecule has 22 heavy (non-hydrogen) atoms. The molecule has 1 aromatic carbocycles. The lowest BCUT2D eigenvalue weighted by Crippen LogP contribution is -2.34. The summed E-state index contributed by atoms with van der Waals surface area (Å²) in [5, 5.41) is 0. The van der Waals surface area contributed by atoms with Crippen molar-refractivity contribution in [1.29, 1.82) is 0 Å². The number of nitrogens with zero attached hydrogens (tertiary/aromatic N) is 1. The average Bonchev–Trinajstić information content (AvgIpc) is 2.93. The van der Waals surface area contributed by atoms with Gasteiger partial charge >= 0.3 is 0 Å². The molecular weight excluding hydrogens is 280 g/mol. The molecule has 1 heterocycles. The van der Waals surface area contributed by atoms with Gasteiger partial charge in [0.1, 0.15) is 6.61 Å². The Morgan fingerprint density at radius 1 is 1.50 bits per heavy atom. The molecule has 0 saturated carbocycles. The molecule has 5 heteroatoms. The molecule has 1 amide bonds. The summed E-state index contributed by atoms with van der Waals surface area (Å²) in [5.41, 5.74) is 6.33. The number of benzene rings is 1. The van der Waals surface area contributed by atoms with E-state index in [-0.39, 0.29) is 11.9 Å². The van der Waals surface area contributed by atoms with E-state index in [2.05, 4.69) is 13.5 Å². The molecule has 5 nitrogen and oxygen atoms in total. The normalized spacial score (nSPS) is 20.8. The highest BCUT2D eigenvalue weighted by Crippen LogP contribution is 2.30. The van der Waals surface area contributed by atoms with Crippen molar-refractivity contribution in [2.75, 3.05) is 26.8 Å². The van der Waals surface area contributed by atoms with Gasteiger partial charge in [0.15, 0.2) is 11.5 Å². The second-order valence-electron chi connectivity index (χ2n) is 5.61. The summed E-state index contributed by atoms with van der Waals surface area (Å²) in [6.07, 6.45) is 2.62. The number of rotatable bonds is 6. The molecular formula is C17H24N2O3. The summed E-state index contributed by atoms with van der Waals surface area (Å²) >= 11 is 0. The van der Waals surface area contributed by atoms with E-state index in [1.165, 1.54) is 0 Å². The smallest absolute Gasteiger partial charge is 0.254 e. The lowest BCUT2D eigenvalue weighted by Gasteiger charge is -2.22. The standard InChI is InChI=1S/C17H24N2O3/c1-4-7-22-15-6-5-14(9-16(15)21-3)17(20)19-11-13(10-18)8-12(19)2/h4-6,9,12-13H,1,7-8,10-11,18H2,2-3H3. The van der Waals surface area contributed by atoms with Gasteiger partial charge in [-0.05, 0) is 44.0 Å². The monoisotopic (exact) mass is 304 g/mol. The van der Waals surface area contributed by atoms with Crippen LogP contribution in [0.5, 0.6) is 11.5 Å². The Balaban J connectivity index is 2.18.